The number of halogens is 2. The lowest BCUT2D eigenvalue weighted by atomic mass is 9.95. The Hall–Kier alpha value is 0.645. The van der Waals surface area contributed by atoms with E-state index in [9.17, 15) is 0 Å². The summed E-state index contributed by atoms with van der Waals surface area (Å²) in [6.45, 7) is 2.28. The van der Waals surface area contributed by atoms with E-state index in [1.165, 1.54) is 89.9 Å². The molecule has 0 atom stereocenters. The Kier molecular flexibility index (Phi) is 17.3. The average molecular weight is 307 g/mol. The zero-order valence-electron chi connectivity index (χ0n) is 12.9. The summed E-state index contributed by atoms with van der Waals surface area (Å²) in [5, 5.41) is 0. The SMILES string of the molecule is CCCCCCCCCCCCCCCCB(Cl)Cl. The Morgan fingerprint density at radius 3 is 1.16 bits per heavy atom. The van der Waals surface area contributed by atoms with Crippen LogP contribution in [0.25, 0.3) is 0 Å². The van der Waals surface area contributed by atoms with Crippen molar-refractivity contribution in [3.8, 4) is 0 Å². The first-order chi connectivity index (χ1) is 9.27. The summed E-state index contributed by atoms with van der Waals surface area (Å²) in [4.78, 5) is 0. The first-order valence-corrected chi connectivity index (χ1v) is 9.42. The van der Waals surface area contributed by atoms with Crippen LogP contribution >= 0.6 is 22.9 Å². The van der Waals surface area contributed by atoms with Crippen LogP contribution in [0.2, 0.25) is 6.32 Å². The lowest BCUT2D eigenvalue weighted by molar-refractivity contribution is 0.538. The highest BCUT2D eigenvalue weighted by atomic mass is 35.5. The average Bonchev–Trinajstić information content (AvgIpc) is 2.39. The molecule has 0 bridgehead atoms. The fourth-order valence-corrected chi connectivity index (χ4v) is 2.80. The minimum atomic E-state index is -0.155. The Balaban J connectivity index is 2.91. The van der Waals surface area contributed by atoms with Crippen molar-refractivity contribution in [3.63, 3.8) is 0 Å². The highest BCUT2D eigenvalue weighted by molar-refractivity contribution is 7.33. The molecular weight excluding hydrogens is 274 g/mol. The molecule has 0 amide bonds. The van der Waals surface area contributed by atoms with Crippen molar-refractivity contribution < 1.29 is 0 Å². The van der Waals surface area contributed by atoms with Gasteiger partial charge in [0.1, 0.15) is 0 Å². The van der Waals surface area contributed by atoms with Gasteiger partial charge in [-0.2, -0.15) is 22.9 Å². The van der Waals surface area contributed by atoms with E-state index in [2.05, 4.69) is 6.92 Å². The minimum Gasteiger partial charge on any atom is -0.172 e. The summed E-state index contributed by atoms with van der Waals surface area (Å²) >= 11 is 11.4. The zero-order valence-corrected chi connectivity index (χ0v) is 14.5. The molecule has 19 heavy (non-hydrogen) atoms. The smallest absolute Gasteiger partial charge is 0.172 e. The largest absolute Gasteiger partial charge is 0.351 e. The van der Waals surface area contributed by atoms with Crippen LogP contribution in [-0.4, -0.2) is 5.54 Å². The molecule has 0 saturated carbocycles. The van der Waals surface area contributed by atoms with E-state index < -0.39 is 0 Å². The third-order valence-corrected chi connectivity index (χ3v) is 4.21. The van der Waals surface area contributed by atoms with Crippen molar-refractivity contribution in [1.29, 1.82) is 0 Å². The Morgan fingerprint density at radius 2 is 0.842 bits per heavy atom. The molecule has 0 rings (SSSR count). The van der Waals surface area contributed by atoms with E-state index in [0.717, 1.165) is 6.32 Å². The van der Waals surface area contributed by atoms with Crippen molar-refractivity contribution >= 4 is 28.5 Å². The van der Waals surface area contributed by atoms with E-state index in [0.29, 0.717) is 0 Å². The quantitative estimate of drug-likeness (QED) is 0.218. The second-order valence-corrected chi connectivity index (χ2v) is 7.05. The molecule has 0 fully saturated rings. The number of hydrogen-bond acceptors (Lipinski definition) is 0. The fourth-order valence-electron chi connectivity index (χ4n) is 2.49. The van der Waals surface area contributed by atoms with Crippen molar-refractivity contribution in [3.05, 3.63) is 0 Å². The van der Waals surface area contributed by atoms with E-state index in [-0.39, 0.29) is 5.54 Å². The van der Waals surface area contributed by atoms with Crippen LogP contribution < -0.4 is 0 Å². The molecule has 0 unspecified atom stereocenters. The number of hydrogen-bond donors (Lipinski definition) is 0. The predicted octanol–water partition coefficient (Wildman–Crippen LogP) is 7.43. The lowest BCUT2D eigenvalue weighted by Crippen LogP contribution is -1.91. The molecule has 114 valence electrons. The molecule has 0 radical (unpaired) electrons. The van der Waals surface area contributed by atoms with Gasteiger partial charge in [0.15, 0.2) is 0 Å². The molecule has 0 spiro atoms. The molecule has 0 aromatic carbocycles. The van der Waals surface area contributed by atoms with Crippen molar-refractivity contribution in [2.45, 2.75) is 103 Å². The van der Waals surface area contributed by atoms with Crippen LogP contribution in [0.4, 0.5) is 0 Å². The van der Waals surface area contributed by atoms with Gasteiger partial charge < -0.3 is 0 Å². The highest BCUT2D eigenvalue weighted by Crippen LogP contribution is 2.14. The summed E-state index contributed by atoms with van der Waals surface area (Å²) in [6.07, 6.45) is 20.5. The second kappa shape index (κ2) is 16.7. The Morgan fingerprint density at radius 1 is 0.526 bits per heavy atom. The molecular formula is C16H33BCl2. The van der Waals surface area contributed by atoms with Crippen molar-refractivity contribution in [1.82, 2.24) is 0 Å². The molecule has 0 N–H and O–H groups in total. The first-order valence-electron chi connectivity index (χ1n) is 8.55. The maximum atomic E-state index is 5.69. The van der Waals surface area contributed by atoms with Crippen LogP contribution in [-0.2, 0) is 0 Å². The van der Waals surface area contributed by atoms with Gasteiger partial charge in [-0.15, -0.1) is 0 Å². The van der Waals surface area contributed by atoms with Gasteiger partial charge in [-0.25, -0.2) is 0 Å². The maximum absolute atomic E-state index is 5.69. The Bertz CT molecular complexity index is 163. The molecule has 0 nitrogen and oxygen atoms in total. The van der Waals surface area contributed by atoms with E-state index in [1.807, 2.05) is 0 Å². The fraction of sp³-hybridized carbons (Fsp3) is 1.00. The van der Waals surface area contributed by atoms with Crippen LogP contribution in [0, 0.1) is 0 Å². The van der Waals surface area contributed by atoms with Crippen LogP contribution in [0.1, 0.15) is 96.8 Å². The predicted molar refractivity (Wildman–Crippen MR) is 92.6 cm³/mol. The topological polar surface area (TPSA) is 0 Å². The standard InChI is InChI=1S/C16H33BCl2/c1-2-3-4-5-6-7-8-9-10-11-12-13-14-15-16-17(18)19/h2-16H2,1H3. The zero-order chi connectivity index (χ0) is 14.2. The number of rotatable bonds is 15. The van der Waals surface area contributed by atoms with Crippen LogP contribution in [0.5, 0.6) is 0 Å². The lowest BCUT2D eigenvalue weighted by Gasteiger charge is -2.03. The first kappa shape index (κ1) is 19.6. The summed E-state index contributed by atoms with van der Waals surface area (Å²) < 4.78 is 0. The molecule has 0 aliphatic carbocycles. The summed E-state index contributed by atoms with van der Waals surface area (Å²) in [6, 6.07) is 0. The summed E-state index contributed by atoms with van der Waals surface area (Å²) in [7, 11) is 0. The van der Waals surface area contributed by atoms with Gasteiger partial charge in [0.05, 0.1) is 0 Å². The highest BCUT2D eigenvalue weighted by Gasteiger charge is 2.03. The van der Waals surface area contributed by atoms with Gasteiger partial charge in [-0.1, -0.05) is 96.8 Å². The van der Waals surface area contributed by atoms with Gasteiger partial charge in [-0.3, -0.25) is 0 Å². The van der Waals surface area contributed by atoms with Gasteiger partial charge in [-0.05, 0) is 6.32 Å². The summed E-state index contributed by atoms with van der Waals surface area (Å²) in [5.74, 6) is 0. The van der Waals surface area contributed by atoms with Gasteiger partial charge in [0.2, 0.25) is 0 Å². The molecule has 0 heterocycles. The van der Waals surface area contributed by atoms with Crippen LogP contribution in [0.3, 0.4) is 0 Å². The van der Waals surface area contributed by atoms with E-state index in [1.54, 1.807) is 0 Å². The minimum absolute atomic E-state index is 0.155. The van der Waals surface area contributed by atoms with Crippen molar-refractivity contribution in [2.75, 3.05) is 0 Å². The van der Waals surface area contributed by atoms with E-state index in [4.69, 9.17) is 22.9 Å². The molecule has 0 saturated heterocycles. The van der Waals surface area contributed by atoms with Crippen molar-refractivity contribution in [2.24, 2.45) is 0 Å². The molecule has 0 aromatic heterocycles. The third-order valence-electron chi connectivity index (χ3n) is 3.78. The normalized spacial score (nSPS) is 10.9. The molecule has 0 aromatic rings. The van der Waals surface area contributed by atoms with Gasteiger partial charge in [0, 0.05) is 0 Å². The molecule has 0 aliphatic rings. The molecule has 3 heteroatoms. The summed E-state index contributed by atoms with van der Waals surface area (Å²) in [5.41, 5.74) is -0.155. The third kappa shape index (κ3) is 18.6. The van der Waals surface area contributed by atoms with E-state index >= 15 is 0 Å². The van der Waals surface area contributed by atoms with Gasteiger partial charge in [0.25, 0.3) is 0 Å². The Labute approximate surface area is 131 Å². The van der Waals surface area contributed by atoms with Crippen LogP contribution in [0.15, 0.2) is 0 Å². The second-order valence-electron chi connectivity index (χ2n) is 5.78. The molecule has 0 aliphatic heterocycles. The monoisotopic (exact) mass is 306 g/mol. The maximum Gasteiger partial charge on any atom is 0.351 e. The number of unbranched alkanes of at least 4 members (excludes halogenated alkanes) is 13. The van der Waals surface area contributed by atoms with Gasteiger partial charge >= 0.3 is 5.54 Å².